The summed E-state index contributed by atoms with van der Waals surface area (Å²) in [6.07, 6.45) is 2.75. The minimum Gasteiger partial charge on any atom is -0.748 e. The van der Waals surface area contributed by atoms with Crippen molar-refractivity contribution in [3.8, 4) is 23.0 Å². The standard InChI is InChI=1S/C19H20O8S.K/c1-26-19-8-4-13(11-18(19)22)3-7-16(20)15-6-5-14(12-17(15)21)27-9-2-10-28(23,24)25;/h3-8,11-12,21-22H,2,9-10H2,1H3,(H,23,24,25);/q;+1/p-1. The van der Waals surface area contributed by atoms with Crippen molar-refractivity contribution in [1.29, 1.82) is 0 Å². The van der Waals surface area contributed by atoms with Crippen LogP contribution in [-0.2, 0) is 10.1 Å². The number of ether oxygens (including phenoxy) is 2. The summed E-state index contributed by atoms with van der Waals surface area (Å²) in [5.74, 6) is -0.823. The Kier molecular flexibility index (Phi) is 10.3. The fourth-order valence-corrected chi connectivity index (χ4v) is 2.78. The van der Waals surface area contributed by atoms with E-state index < -0.39 is 21.7 Å². The number of carbonyl (C=O) groups excluding carboxylic acids is 1. The minimum atomic E-state index is -4.29. The van der Waals surface area contributed by atoms with Crippen LogP contribution in [0.4, 0.5) is 0 Å². The molecule has 150 valence electrons. The molecule has 0 spiro atoms. The Morgan fingerprint density at radius 2 is 1.86 bits per heavy atom. The number of ketones is 1. The molecule has 0 fully saturated rings. The Morgan fingerprint density at radius 1 is 1.14 bits per heavy atom. The first-order valence-electron chi connectivity index (χ1n) is 8.18. The van der Waals surface area contributed by atoms with Crippen LogP contribution in [0.25, 0.3) is 6.08 Å². The predicted octanol–water partition coefficient (Wildman–Crippen LogP) is -0.679. The van der Waals surface area contributed by atoms with E-state index in [4.69, 9.17) is 9.47 Å². The van der Waals surface area contributed by atoms with Crippen molar-refractivity contribution in [1.82, 2.24) is 0 Å². The normalized spacial score (nSPS) is 11.1. The van der Waals surface area contributed by atoms with Crippen LogP contribution in [0, 0.1) is 0 Å². The van der Waals surface area contributed by atoms with Gasteiger partial charge in [-0.05, 0) is 42.3 Å². The van der Waals surface area contributed by atoms with Gasteiger partial charge in [-0.15, -0.1) is 0 Å². The number of phenolic OH excluding ortho intramolecular Hbond substituents is 2. The molecule has 2 aromatic carbocycles. The first kappa shape index (κ1) is 25.6. The average molecular weight is 447 g/mol. The molecule has 10 heteroatoms. The van der Waals surface area contributed by atoms with Gasteiger partial charge in [0.25, 0.3) is 0 Å². The van der Waals surface area contributed by atoms with Gasteiger partial charge in [-0.1, -0.05) is 12.1 Å². The number of aromatic hydroxyl groups is 2. The smallest absolute Gasteiger partial charge is 0.748 e. The van der Waals surface area contributed by atoms with E-state index in [9.17, 15) is 28.0 Å². The van der Waals surface area contributed by atoms with Gasteiger partial charge in [0.15, 0.2) is 17.3 Å². The van der Waals surface area contributed by atoms with Gasteiger partial charge < -0.3 is 24.2 Å². The molecule has 0 unspecified atom stereocenters. The molecule has 0 aliphatic rings. The summed E-state index contributed by atoms with van der Waals surface area (Å²) in [7, 11) is -2.87. The number of allylic oxidation sites excluding steroid dienone is 1. The van der Waals surface area contributed by atoms with E-state index in [1.54, 1.807) is 12.1 Å². The second-order valence-corrected chi connectivity index (χ2v) is 7.30. The summed E-state index contributed by atoms with van der Waals surface area (Å²) < 4.78 is 41.7. The first-order chi connectivity index (χ1) is 13.2. The Balaban J connectivity index is 0.00000420. The van der Waals surface area contributed by atoms with Crippen LogP contribution in [0.15, 0.2) is 42.5 Å². The molecule has 0 aliphatic carbocycles. The van der Waals surface area contributed by atoms with Crippen molar-refractivity contribution in [3.63, 3.8) is 0 Å². The molecule has 0 bridgehead atoms. The fourth-order valence-electron chi connectivity index (χ4n) is 2.31. The first-order valence-corrected chi connectivity index (χ1v) is 9.76. The van der Waals surface area contributed by atoms with Gasteiger partial charge in [0.05, 0.1) is 29.4 Å². The van der Waals surface area contributed by atoms with E-state index in [-0.39, 0.29) is 87.2 Å². The number of carbonyl (C=O) groups is 1. The third-order valence-electron chi connectivity index (χ3n) is 3.67. The van der Waals surface area contributed by atoms with Gasteiger partial charge in [-0.2, -0.15) is 0 Å². The Bertz CT molecular complexity index is 986. The number of benzene rings is 2. The number of methoxy groups -OCH3 is 1. The molecule has 0 aromatic heterocycles. The zero-order valence-electron chi connectivity index (χ0n) is 16.0. The zero-order valence-corrected chi connectivity index (χ0v) is 19.9. The van der Waals surface area contributed by atoms with E-state index in [1.807, 2.05) is 0 Å². The van der Waals surface area contributed by atoms with E-state index >= 15 is 0 Å². The Labute approximate surface area is 211 Å². The summed E-state index contributed by atoms with van der Waals surface area (Å²) >= 11 is 0. The van der Waals surface area contributed by atoms with Crippen LogP contribution in [0.1, 0.15) is 22.3 Å². The van der Waals surface area contributed by atoms with Crippen LogP contribution in [0.5, 0.6) is 23.0 Å². The summed E-state index contributed by atoms with van der Waals surface area (Å²) in [6, 6.07) is 8.69. The number of rotatable bonds is 9. The summed E-state index contributed by atoms with van der Waals surface area (Å²) in [6.45, 7) is -0.0188. The Morgan fingerprint density at radius 3 is 2.45 bits per heavy atom. The van der Waals surface area contributed by atoms with E-state index in [1.165, 1.54) is 43.5 Å². The zero-order chi connectivity index (χ0) is 20.7. The second-order valence-electron chi connectivity index (χ2n) is 5.77. The minimum absolute atomic E-state index is 0. The molecule has 29 heavy (non-hydrogen) atoms. The van der Waals surface area contributed by atoms with Crippen LogP contribution < -0.4 is 60.9 Å². The average Bonchev–Trinajstić information content (AvgIpc) is 2.63. The number of hydrogen-bond acceptors (Lipinski definition) is 8. The van der Waals surface area contributed by atoms with Crippen molar-refractivity contribution in [2.45, 2.75) is 6.42 Å². The van der Waals surface area contributed by atoms with E-state index in [2.05, 4.69) is 0 Å². The maximum Gasteiger partial charge on any atom is 1.00 e. The van der Waals surface area contributed by atoms with Crippen molar-refractivity contribution in [2.75, 3.05) is 19.5 Å². The maximum atomic E-state index is 12.3. The van der Waals surface area contributed by atoms with Crippen molar-refractivity contribution >= 4 is 22.0 Å². The van der Waals surface area contributed by atoms with Gasteiger partial charge in [-0.25, -0.2) is 8.42 Å². The monoisotopic (exact) mass is 446 g/mol. The van der Waals surface area contributed by atoms with Gasteiger partial charge >= 0.3 is 51.4 Å². The molecular formula is C19H19KO8S. The molecule has 2 N–H and O–H groups in total. The molecule has 0 aliphatic heterocycles. The Hall–Kier alpha value is -1.40. The molecule has 8 nitrogen and oxygen atoms in total. The van der Waals surface area contributed by atoms with Crippen LogP contribution in [-0.4, -0.2) is 48.4 Å². The third-order valence-corrected chi connectivity index (χ3v) is 4.46. The quantitative estimate of drug-likeness (QED) is 0.170. The van der Waals surface area contributed by atoms with Gasteiger partial charge in [0.1, 0.15) is 11.5 Å². The molecule has 0 radical (unpaired) electrons. The topological polar surface area (TPSA) is 133 Å². The fraction of sp³-hybridized carbons (Fsp3) is 0.211. The summed E-state index contributed by atoms with van der Waals surface area (Å²) in [5, 5.41) is 19.8. The van der Waals surface area contributed by atoms with E-state index in [0.29, 0.717) is 11.3 Å². The largest absolute Gasteiger partial charge is 1.00 e. The van der Waals surface area contributed by atoms with Crippen LogP contribution in [0.3, 0.4) is 0 Å². The summed E-state index contributed by atoms with van der Waals surface area (Å²) in [4.78, 5) is 12.3. The third kappa shape index (κ3) is 8.47. The molecule has 0 heterocycles. The predicted molar refractivity (Wildman–Crippen MR) is 101 cm³/mol. The second kappa shape index (κ2) is 11.7. The molecule has 2 aromatic rings. The SMILES string of the molecule is COc1ccc(C=CC(=O)c2ccc(OCCCS(=O)(=O)[O-])cc2O)cc1O.[K+]. The molecule has 0 saturated heterocycles. The van der Waals surface area contributed by atoms with Gasteiger partial charge in [-0.3, -0.25) is 4.79 Å². The van der Waals surface area contributed by atoms with Gasteiger partial charge in [0.2, 0.25) is 0 Å². The number of hydrogen-bond donors (Lipinski definition) is 2. The molecule has 0 saturated carbocycles. The molecule has 0 atom stereocenters. The van der Waals surface area contributed by atoms with Crippen LogP contribution >= 0.6 is 0 Å². The summed E-state index contributed by atoms with van der Waals surface area (Å²) in [5.41, 5.74) is 0.614. The number of phenols is 2. The maximum absolute atomic E-state index is 12.3. The van der Waals surface area contributed by atoms with E-state index in [0.717, 1.165) is 0 Å². The molecule has 2 rings (SSSR count). The van der Waals surface area contributed by atoms with Crippen molar-refractivity contribution in [3.05, 3.63) is 53.6 Å². The van der Waals surface area contributed by atoms with Crippen molar-refractivity contribution < 1.29 is 88.8 Å². The van der Waals surface area contributed by atoms with Crippen LogP contribution in [0.2, 0.25) is 0 Å². The van der Waals surface area contributed by atoms with Crippen molar-refractivity contribution in [2.24, 2.45) is 0 Å². The molecular weight excluding hydrogens is 427 g/mol. The molecule has 0 amide bonds. The van der Waals surface area contributed by atoms with Gasteiger partial charge in [0, 0.05) is 11.8 Å².